The second-order valence-electron chi connectivity index (χ2n) is 4.51. The van der Waals surface area contributed by atoms with Gasteiger partial charge in [-0.25, -0.2) is 12.8 Å². The number of halogens is 2. The van der Waals surface area contributed by atoms with E-state index in [1.54, 1.807) is 0 Å². The molecule has 1 rings (SSSR count). The summed E-state index contributed by atoms with van der Waals surface area (Å²) < 4.78 is 39.6. The highest BCUT2D eigenvalue weighted by atomic mass is 79.9. The molecule has 7 heteroatoms. The van der Waals surface area contributed by atoms with E-state index in [4.69, 9.17) is 0 Å². The zero-order valence-electron chi connectivity index (χ0n) is 11.5. The van der Waals surface area contributed by atoms with Gasteiger partial charge in [-0.3, -0.25) is 4.72 Å². The third kappa shape index (κ3) is 6.67. The Labute approximate surface area is 128 Å². The minimum atomic E-state index is -3.42. The highest BCUT2D eigenvalue weighted by Crippen LogP contribution is 2.20. The Morgan fingerprint density at radius 2 is 2.00 bits per heavy atom. The topological polar surface area (TPSA) is 58.2 Å². The van der Waals surface area contributed by atoms with Crippen LogP contribution in [-0.2, 0) is 10.0 Å². The molecule has 4 nitrogen and oxygen atoms in total. The number of benzene rings is 1. The van der Waals surface area contributed by atoms with Crippen molar-refractivity contribution in [2.45, 2.75) is 26.2 Å². The average molecular weight is 367 g/mol. The van der Waals surface area contributed by atoms with Gasteiger partial charge < -0.3 is 5.32 Å². The number of rotatable bonds is 9. The highest BCUT2D eigenvalue weighted by Gasteiger charge is 2.11. The molecule has 114 valence electrons. The molecule has 0 saturated carbocycles. The molecular weight excluding hydrogens is 347 g/mol. The van der Waals surface area contributed by atoms with Crippen molar-refractivity contribution in [3.05, 3.63) is 28.5 Å². The summed E-state index contributed by atoms with van der Waals surface area (Å²) in [6.07, 6.45) is 2.44. The first kappa shape index (κ1) is 17.4. The van der Waals surface area contributed by atoms with Gasteiger partial charge in [-0.15, -0.1) is 0 Å². The lowest BCUT2D eigenvalue weighted by atomic mass is 10.3. The van der Waals surface area contributed by atoms with Crippen molar-refractivity contribution >= 4 is 31.6 Å². The Kier molecular flexibility index (Phi) is 7.47. The lowest BCUT2D eigenvalue weighted by molar-refractivity contribution is 0.590. The van der Waals surface area contributed by atoms with E-state index in [1.165, 1.54) is 12.1 Å². The van der Waals surface area contributed by atoms with E-state index in [0.29, 0.717) is 10.9 Å². The molecule has 0 unspecified atom stereocenters. The number of hydrogen-bond acceptors (Lipinski definition) is 3. The SMILES string of the molecule is CCCNCCCCS(=O)(=O)Nc1ccc(Br)c(F)c1. The third-order valence-corrected chi connectivity index (χ3v) is 4.65. The van der Waals surface area contributed by atoms with Crippen molar-refractivity contribution in [3.63, 3.8) is 0 Å². The lowest BCUT2D eigenvalue weighted by Gasteiger charge is -2.08. The Morgan fingerprint density at radius 1 is 1.25 bits per heavy atom. The molecular formula is C13H20BrFN2O2S. The van der Waals surface area contributed by atoms with Crippen molar-refractivity contribution in [2.24, 2.45) is 0 Å². The number of sulfonamides is 1. The predicted octanol–water partition coefficient (Wildman–Crippen LogP) is 3.11. The van der Waals surface area contributed by atoms with Crippen LogP contribution in [-0.4, -0.2) is 27.3 Å². The monoisotopic (exact) mass is 366 g/mol. The van der Waals surface area contributed by atoms with E-state index in [2.05, 4.69) is 32.9 Å². The van der Waals surface area contributed by atoms with Crippen LogP contribution in [0.1, 0.15) is 26.2 Å². The zero-order valence-corrected chi connectivity index (χ0v) is 13.9. The quantitative estimate of drug-likeness (QED) is 0.660. The molecule has 20 heavy (non-hydrogen) atoms. The van der Waals surface area contributed by atoms with E-state index >= 15 is 0 Å². The minimum absolute atomic E-state index is 0.0402. The fraction of sp³-hybridized carbons (Fsp3) is 0.538. The van der Waals surface area contributed by atoms with Gasteiger partial charge in [0.05, 0.1) is 15.9 Å². The summed E-state index contributed by atoms with van der Waals surface area (Å²) in [6, 6.07) is 4.15. The highest BCUT2D eigenvalue weighted by molar-refractivity contribution is 9.10. The molecule has 0 fully saturated rings. The van der Waals surface area contributed by atoms with Gasteiger partial charge in [0.25, 0.3) is 0 Å². The van der Waals surface area contributed by atoms with Crippen LogP contribution >= 0.6 is 15.9 Å². The van der Waals surface area contributed by atoms with Crippen LogP contribution < -0.4 is 10.0 Å². The van der Waals surface area contributed by atoms with E-state index in [0.717, 1.165) is 32.0 Å². The van der Waals surface area contributed by atoms with Gasteiger partial charge in [-0.05, 0) is 66.5 Å². The summed E-state index contributed by atoms with van der Waals surface area (Å²) in [5, 5.41) is 3.21. The summed E-state index contributed by atoms with van der Waals surface area (Å²) in [4.78, 5) is 0. The Hall–Kier alpha value is -0.660. The molecule has 0 aliphatic rings. The van der Waals surface area contributed by atoms with Gasteiger partial charge in [0.1, 0.15) is 5.82 Å². The standard InChI is InChI=1S/C13H20BrFN2O2S/c1-2-7-16-8-3-4-9-20(18,19)17-11-5-6-12(14)13(15)10-11/h5-6,10,16-17H,2-4,7-9H2,1H3. The average Bonchev–Trinajstić information content (AvgIpc) is 2.38. The third-order valence-electron chi connectivity index (χ3n) is 2.64. The van der Waals surface area contributed by atoms with Gasteiger partial charge in [0, 0.05) is 0 Å². The molecule has 0 atom stereocenters. The molecule has 0 saturated heterocycles. The predicted molar refractivity (Wildman–Crippen MR) is 83.9 cm³/mol. The molecule has 1 aromatic rings. The second-order valence-corrected chi connectivity index (χ2v) is 7.20. The molecule has 0 bridgehead atoms. The van der Waals surface area contributed by atoms with Gasteiger partial charge in [0.2, 0.25) is 10.0 Å². The van der Waals surface area contributed by atoms with Crippen LogP contribution in [0.5, 0.6) is 0 Å². The maximum absolute atomic E-state index is 13.3. The largest absolute Gasteiger partial charge is 0.317 e. The van der Waals surface area contributed by atoms with Crippen LogP contribution in [0.4, 0.5) is 10.1 Å². The molecule has 0 aromatic heterocycles. The fourth-order valence-electron chi connectivity index (χ4n) is 1.63. The van der Waals surface area contributed by atoms with E-state index in [9.17, 15) is 12.8 Å². The zero-order chi connectivity index (χ0) is 15.0. The molecule has 1 aromatic carbocycles. The molecule has 0 heterocycles. The molecule has 2 N–H and O–H groups in total. The molecule has 0 aliphatic carbocycles. The molecule has 0 spiro atoms. The number of nitrogens with one attached hydrogen (secondary N) is 2. The number of hydrogen-bond donors (Lipinski definition) is 2. The minimum Gasteiger partial charge on any atom is -0.317 e. The summed E-state index contributed by atoms with van der Waals surface area (Å²) >= 11 is 3.02. The van der Waals surface area contributed by atoms with Crippen LogP contribution in [0.25, 0.3) is 0 Å². The van der Waals surface area contributed by atoms with Crippen LogP contribution in [0, 0.1) is 5.82 Å². The summed E-state index contributed by atoms with van der Waals surface area (Å²) in [5.74, 6) is -0.452. The summed E-state index contributed by atoms with van der Waals surface area (Å²) in [5.41, 5.74) is 0.245. The van der Waals surface area contributed by atoms with E-state index in [1.807, 2.05) is 0 Å². The van der Waals surface area contributed by atoms with E-state index in [-0.39, 0.29) is 11.4 Å². The first-order chi connectivity index (χ1) is 9.44. The fourth-order valence-corrected chi connectivity index (χ4v) is 3.05. The van der Waals surface area contributed by atoms with Crippen LogP contribution in [0.2, 0.25) is 0 Å². The Morgan fingerprint density at radius 3 is 2.65 bits per heavy atom. The number of unbranched alkanes of at least 4 members (excludes halogenated alkanes) is 1. The van der Waals surface area contributed by atoms with Crippen molar-refractivity contribution in [2.75, 3.05) is 23.6 Å². The van der Waals surface area contributed by atoms with Crippen molar-refractivity contribution in [1.29, 1.82) is 0 Å². The Bertz CT molecular complexity index is 523. The molecule has 0 radical (unpaired) electrons. The van der Waals surface area contributed by atoms with Crippen LogP contribution in [0.3, 0.4) is 0 Å². The smallest absolute Gasteiger partial charge is 0.232 e. The van der Waals surface area contributed by atoms with Crippen molar-refractivity contribution in [3.8, 4) is 0 Å². The van der Waals surface area contributed by atoms with Crippen LogP contribution in [0.15, 0.2) is 22.7 Å². The second kappa shape index (κ2) is 8.59. The van der Waals surface area contributed by atoms with Gasteiger partial charge in [-0.1, -0.05) is 6.92 Å². The summed E-state index contributed by atoms with van der Waals surface area (Å²) in [7, 11) is -3.42. The Balaban J connectivity index is 2.39. The summed E-state index contributed by atoms with van der Waals surface area (Å²) in [6.45, 7) is 3.85. The molecule has 0 amide bonds. The first-order valence-corrected chi connectivity index (χ1v) is 9.05. The lowest BCUT2D eigenvalue weighted by Crippen LogP contribution is -2.20. The van der Waals surface area contributed by atoms with Crippen molar-refractivity contribution < 1.29 is 12.8 Å². The number of anilines is 1. The van der Waals surface area contributed by atoms with Gasteiger partial charge in [0.15, 0.2) is 0 Å². The van der Waals surface area contributed by atoms with Gasteiger partial charge >= 0.3 is 0 Å². The van der Waals surface area contributed by atoms with Gasteiger partial charge in [-0.2, -0.15) is 0 Å². The maximum atomic E-state index is 13.3. The normalized spacial score (nSPS) is 11.6. The maximum Gasteiger partial charge on any atom is 0.232 e. The first-order valence-electron chi connectivity index (χ1n) is 6.61. The van der Waals surface area contributed by atoms with Crippen molar-refractivity contribution in [1.82, 2.24) is 5.32 Å². The van der Waals surface area contributed by atoms with E-state index < -0.39 is 15.8 Å². The molecule has 0 aliphatic heterocycles.